The Balaban J connectivity index is 1.88. The van der Waals surface area contributed by atoms with Crippen LogP contribution in [0, 0.1) is 0 Å². The number of esters is 1. The van der Waals surface area contributed by atoms with Crippen LogP contribution in [-0.4, -0.2) is 31.4 Å². The van der Waals surface area contributed by atoms with E-state index in [0.717, 1.165) is 16.6 Å². The molecule has 1 heterocycles. The van der Waals surface area contributed by atoms with Crippen LogP contribution < -0.4 is 5.46 Å². The molecular formula is C21H25BO4. The number of ether oxygens (including phenoxy) is 1. The van der Waals surface area contributed by atoms with Crippen LogP contribution in [0.1, 0.15) is 44.7 Å². The molecule has 0 bridgehead atoms. The highest BCUT2D eigenvalue weighted by Gasteiger charge is 2.51. The summed E-state index contributed by atoms with van der Waals surface area (Å²) in [6.45, 7) is 8.13. The minimum atomic E-state index is -0.450. The van der Waals surface area contributed by atoms with Crippen molar-refractivity contribution in [3.8, 4) is 0 Å². The minimum absolute atomic E-state index is 0.278. The van der Waals surface area contributed by atoms with E-state index >= 15 is 0 Å². The Bertz CT molecular complexity index is 752. The van der Waals surface area contributed by atoms with Gasteiger partial charge in [-0.1, -0.05) is 54.6 Å². The Morgan fingerprint density at radius 2 is 1.38 bits per heavy atom. The molecular weight excluding hydrogens is 327 g/mol. The Kier molecular flexibility index (Phi) is 4.95. The summed E-state index contributed by atoms with van der Waals surface area (Å²) in [6, 6.07) is 17.4. The molecule has 1 fully saturated rings. The summed E-state index contributed by atoms with van der Waals surface area (Å²) in [5, 5.41) is 0. The molecule has 0 spiro atoms. The van der Waals surface area contributed by atoms with E-state index in [4.69, 9.17) is 14.0 Å². The van der Waals surface area contributed by atoms with Crippen molar-refractivity contribution in [2.75, 3.05) is 7.11 Å². The number of methoxy groups -OCH3 is 1. The Morgan fingerprint density at radius 1 is 0.885 bits per heavy atom. The lowest BCUT2D eigenvalue weighted by Crippen LogP contribution is -2.41. The maximum Gasteiger partial charge on any atom is 0.494 e. The van der Waals surface area contributed by atoms with Gasteiger partial charge in [-0.15, -0.1) is 0 Å². The lowest BCUT2D eigenvalue weighted by atomic mass is 9.78. The summed E-state index contributed by atoms with van der Waals surface area (Å²) in [6.07, 6.45) is 0. The zero-order chi connectivity index (χ0) is 18.9. The van der Waals surface area contributed by atoms with Gasteiger partial charge >= 0.3 is 13.1 Å². The van der Waals surface area contributed by atoms with Crippen LogP contribution in [-0.2, 0) is 18.8 Å². The minimum Gasteiger partial charge on any atom is -0.468 e. The molecule has 2 aromatic carbocycles. The molecule has 0 saturated carbocycles. The van der Waals surface area contributed by atoms with Gasteiger partial charge in [-0.25, -0.2) is 0 Å². The summed E-state index contributed by atoms with van der Waals surface area (Å²) in [7, 11) is 0.999. The monoisotopic (exact) mass is 352 g/mol. The fourth-order valence-electron chi connectivity index (χ4n) is 3.05. The van der Waals surface area contributed by atoms with Gasteiger partial charge in [0.25, 0.3) is 0 Å². The smallest absolute Gasteiger partial charge is 0.468 e. The Labute approximate surface area is 155 Å². The second-order valence-corrected chi connectivity index (χ2v) is 7.62. The Hall–Kier alpha value is -2.11. The topological polar surface area (TPSA) is 44.8 Å². The molecule has 1 atom stereocenters. The van der Waals surface area contributed by atoms with Crippen LogP contribution in [0.5, 0.6) is 0 Å². The molecule has 2 aromatic rings. The fraction of sp³-hybridized carbons (Fsp3) is 0.381. The third-order valence-electron chi connectivity index (χ3n) is 5.37. The van der Waals surface area contributed by atoms with Crippen molar-refractivity contribution in [3.05, 3.63) is 65.7 Å². The van der Waals surface area contributed by atoms with Gasteiger partial charge in [-0.2, -0.15) is 0 Å². The van der Waals surface area contributed by atoms with E-state index in [-0.39, 0.29) is 17.2 Å². The predicted octanol–water partition coefficient (Wildman–Crippen LogP) is 3.29. The SMILES string of the molecule is COC(=O)C(c1ccccc1)c1ccc(B2OC(C)(C)C(C)(C)O2)cc1. The summed E-state index contributed by atoms with van der Waals surface area (Å²) in [5.74, 6) is -0.729. The largest absolute Gasteiger partial charge is 0.494 e. The standard InChI is InChI=1S/C21H25BO4/c1-20(2)21(3,4)26-22(25-20)17-13-11-16(12-14-17)18(19(23)24-5)15-9-7-6-8-10-15/h6-14,18H,1-5H3. The van der Waals surface area contributed by atoms with Crippen molar-refractivity contribution in [1.82, 2.24) is 0 Å². The maximum atomic E-state index is 12.4. The zero-order valence-electron chi connectivity index (χ0n) is 16.0. The molecule has 3 rings (SSSR count). The number of hydrogen-bond donors (Lipinski definition) is 0. The van der Waals surface area contributed by atoms with Crippen LogP contribution in [0.2, 0.25) is 0 Å². The van der Waals surface area contributed by atoms with Crippen molar-refractivity contribution < 1.29 is 18.8 Å². The second-order valence-electron chi connectivity index (χ2n) is 7.62. The number of rotatable bonds is 4. The number of carbonyl (C=O) groups excluding carboxylic acids is 1. The van der Waals surface area contributed by atoms with E-state index in [1.807, 2.05) is 82.3 Å². The summed E-state index contributed by atoms with van der Waals surface area (Å²) >= 11 is 0. The van der Waals surface area contributed by atoms with Gasteiger partial charge in [0.05, 0.1) is 18.3 Å². The first-order valence-corrected chi connectivity index (χ1v) is 8.83. The van der Waals surface area contributed by atoms with E-state index in [9.17, 15) is 4.79 Å². The van der Waals surface area contributed by atoms with E-state index in [1.165, 1.54) is 7.11 Å². The number of carbonyl (C=O) groups is 1. The van der Waals surface area contributed by atoms with Crippen molar-refractivity contribution in [1.29, 1.82) is 0 Å². The molecule has 5 heteroatoms. The molecule has 136 valence electrons. The van der Waals surface area contributed by atoms with Crippen molar-refractivity contribution >= 4 is 18.6 Å². The maximum absolute atomic E-state index is 12.4. The van der Waals surface area contributed by atoms with Crippen molar-refractivity contribution in [2.24, 2.45) is 0 Å². The molecule has 0 N–H and O–H groups in total. The quantitative estimate of drug-likeness (QED) is 0.626. The summed E-state index contributed by atoms with van der Waals surface area (Å²) in [4.78, 5) is 12.4. The first kappa shape index (κ1) is 18.7. The van der Waals surface area contributed by atoms with Gasteiger partial charge in [-0.3, -0.25) is 4.79 Å². The van der Waals surface area contributed by atoms with Crippen molar-refractivity contribution in [2.45, 2.75) is 44.8 Å². The number of hydrogen-bond acceptors (Lipinski definition) is 4. The summed E-state index contributed by atoms with van der Waals surface area (Å²) in [5.41, 5.74) is 1.96. The number of benzene rings is 2. The highest BCUT2D eigenvalue weighted by molar-refractivity contribution is 6.62. The molecule has 26 heavy (non-hydrogen) atoms. The lowest BCUT2D eigenvalue weighted by Gasteiger charge is -2.32. The predicted molar refractivity (Wildman–Crippen MR) is 102 cm³/mol. The van der Waals surface area contributed by atoms with Gasteiger partial charge < -0.3 is 14.0 Å². The molecule has 1 unspecified atom stereocenters. The third-order valence-corrected chi connectivity index (χ3v) is 5.37. The van der Waals surface area contributed by atoms with Crippen LogP contribution in [0.3, 0.4) is 0 Å². The molecule has 1 saturated heterocycles. The molecule has 4 nitrogen and oxygen atoms in total. The molecule has 1 aliphatic rings. The molecule has 0 amide bonds. The second kappa shape index (κ2) is 6.90. The van der Waals surface area contributed by atoms with Crippen LogP contribution >= 0.6 is 0 Å². The first-order chi connectivity index (χ1) is 12.2. The Morgan fingerprint density at radius 3 is 1.88 bits per heavy atom. The van der Waals surface area contributed by atoms with Gasteiger partial charge in [0.15, 0.2) is 0 Å². The third kappa shape index (κ3) is 3.42. The zero-order valence-corrected chi connectivity index (χ0v) is 16.0. The van der Waals surface area contributed by atoms with Gasteiger partial charge in [-0.05, 0) is 44.3 Å². The normalized spacial score (nSPS) is 19.2. The summed E-state index contributed by atoms with van der Waals surface area (Å²) < 4.78 is 17.2. The molecule has 0 radical (unpaired) electrons. The van der Waals surface area contributed by atoms with E-state index < -0.39 is 13.0 Å². The fourth-order valence-corrected chi connectivity index (χ4v) is 3.05. The van der Waals surface area contributed by atoms with Crippen LogP contribution in [0.25, 0.3) is 0 Å². The molecule has 1 aliphatic heterocycles. The van der Waals surface area contributed by atoms with Gasteiger partial charge in [0.2, 0.25) is 0 Å². The van der Waals surface area contributed by atoms with Gasteiger partial charge in [0, 0.05) is 0 Å². The van der Waals surface area contributed by atoms with E-state index in [2.05, 4.69) is 0 Å². The molecule has 0 aromatic heterocycles. The molecule has 0 aliphatic carbocycles. The van der Waals surface area contributed by atoms with E-state index in [1.54, 1.807) is 0 Å². The average Bonchev–Trinajstić information content (AvgIpc) is 2.84. The lowest BCUT2D eigenvalue weighted by molar-refractivity contribution is -0.141. The van der Waals surface area contributed by atoms with E-state index in [0.29, 0.717) is 0 Å². The highest BCUT2D eigenvalue weighted by Crippen LogP contribution is 2.36. The first-order valence-electron chi connectivity index (χ1n) is 8.83. The average molecular weight is 352 g/mol. The van der Waals surface area contributed by atoms with Crippen molar-refractivity contribution in [3.63, 3.8) is 0 Å². The highest BCUT2D eigenvalue weighted by atomic mass is 16.7. The van der Waals surface area contributed by atoms with Crippen LogP contribution in [0.4, 0.5) is 0 Å². The van der Waals surface area contributed by atoms with Gasteiger partial charge in [0.1, 0.15) is 5.92 Å². The van der Waals surface area contributed by atoms with Crippen LogP contribution in [0.15, 0.2) is 54.6 Å².